The average Bonchev–Trinajstić information content (AvgIpc) is 2.55. The maximum Gasteiger partial charge on any atom is 0.255 e. The summed E-state index contributed by atoms with van der Waals surface area (Å²) in [5.74, 6) is 1.38. The fourth-order valence-corrected chi connectivity index (χ4v) is 1.91. The van der Waals surface area contributed by atoms with E-state index in [1.165, 1.54) is 6.20 Å². The molecule has 0 unspecified atom stereocenters. The van der Waals surface area contributed by atoms with Crippen molar-refractivity contribution in [2.75, 3.05) is 27.3 Å². The highest BCUT2D eigenvalue weighted by Crippen LogP contribution is 2.17. The van der Waals surface area contributed by atoms with Gasteiger partial charge in [-0.2, -0.15) is 0 Å². The molecule has 0 radical (unpaired) electrons. The Morgan fingerprint density at radius 1 is 1.18 bits per heavy atom. The number of hydrogen-bond acceptors (Lipinski definition) is 4. The smallest absolute Gasteiger partial charge is 0.255 e. The fourth-order valence-electron chi connectivity index (χ4n) is 1.80. The second kappa shape index (κ2) is 7.66. The lowest BCUT2D eigenvalue weighted by molar-refractivity contribution is 0.0773. The van der Waals surface area contributed by atoms with Crippen molar-refractivity contribution in [3.63, 3.8) is 0 Å². The number of carbonyl (C=O) groups excluding carboxylic acids is 1. The minimum atomic E-state index is -0.123. The van der Waals surface area contributed by atoms with Crippen LogP contribution in [0.25, 0.3) is 0 Å². The van der Waals surface area contributed by atoms with Crippen LogP contribution in [-0.2, 0) is 0 Å². The molecule has 0 aliphatic carbocycles. The molecule has 0 aliphatic rings. The number of nitrogens with zero attached hydrogens (tertiary/aromatic N) is 2. The number of aromatic nitrogens is 1. The molecule has 0 bridgehead atoms. The highest BCUT2D eigenvalue weighted by Gasteiger charge is 2.11. The molecule has 2 aromatic rings. The van der Waals surface area contributed by atoms with Gasteiger partial charge in [-0.25, -0.2) is 4.98 Å². The van der Waals surface area contributed by atoms with Crippen LogP contribution in [0.1, 0.15) is 10.4 Å². The Balaban J connectivity index is 1.82. The monoisotopic (exact) mass is 320 g/mol. The molecule has 2 rings (SSSR count). The van der Waals surface area contributed by atoms with Crippen molar-refractivity contribution in [1.82, 2.24) is 9.88 Å². The molecule has 1 amide bonds. The zero-order chi connectivity index (χ0) is 15.9. The van der Waals surface area contributed by atoms with Gasteiger partial charge in [0.2, 0.25) is 0 Å². The Morgan fingerprint density at radius 2 is 1.86 bits per heavy atom. The van der Waals surface area contributed by atoms with Crippen LogP contribution >= 0.6 is 11.6 Å². The van der Waals surface area contributed by atoms with E-state index >= 15 is 0 Å². The third kappa shape index (κ3) is 4.36. The lowest BCUT2D eigenvalue weighted by atomic mass is 10.2. The van der Waals surface area contributed by atoms with E-state index in [4.69, 9.17) is 21.1 Å². The summed E-state index contributed by atoms with van der Waals surface area (Å²) in [7, 11) is 3.33. The molecule has 1 heterocycles. The number of halogens is 1. The van der Waals surface area contributed by atoms with E-state index in [9.17, 15) is 4.79 Å². The Hall–Kier alpha value is -2.27. The average molecular weight is 321 g/mol. The topological polar surface area (TPSA) is 51.7 Å². The minimum Gasteiger partial charge on any atom is -0.497 e. The molecular weight excluding hydrogens is 304 g/mol. The van der Waals surface area contributed by atoms with Gasteiger partial charge in [0.1, 0.15) is 23.3 Å². The van der Waals surface area contributed by atoms with E-state index in [-0.39, 0.29) is 5.91 Å². The SMILES string of the molecule is COc1ccc(OCCN(C)C(=O)c2ccc(Cl)nc2)cc1. The quantitative estimate of drug-likeness (QED) is 0.768. The number of ether oxygens (including phenoxy) is 2. The van der Waals surface area contributed by atoms with Crippen LogP contribution in [0.15, 0.2) is 42.6 Å². The number of benzene rings is 1. The minimum absolute atomic E-state index is 0.123. The van der Waals surface area contributed by atoms with Gasteiger partial charge in [-0.05, 0) is 36.4 Å². The summed E-state index contributed by atoms with van der Waals surface area (Å²) in [5.41, 5.74) is 0.497. The maximum atomic E-state index is 12.2. The molecule has 116 valence electrons. The van der Waals surface area contributed by atoms with Crippen LogP contribution in [0.5, 0.6) is 11.5 Å². The lowest BCUT2D eigenvalue weighted by Gasteiger charge is -2.17. The second-order valence-corrected chi connectivity index (χ2v) is 5.01. The summed E-state index contributed by atoms with van der Waals surface area (Å²) in [4.78, 5) is 17.6. The normalized spacial score (nSPS) is 10.1. The van der Waals surface area contributed by atoms with Crippen LogP contribution < -0.4 is 9.47 Å². The van der Waals surface area contributed by atoms with Crippen LogP contribution in [0.2, 0.25) is 5.15 Å². The van der Waals surface area contributed by atoms with E-state index < -0.39 is 0 Å². The number of methoxy groups -OCH3 is 1. The number of hydrogen-bond donors (Lipinski definition) is 0. The molecule has 0 spiro atoms. The van der Waals surface area contributed by atoms with Gasteiger partial charge in [0, 0.05) is 13.2 Å². The van der Waals surface area contributed by atoms with E-state index in [0.717, 1.165) is 11.5 Å². The summed E-state index contributed by atoms with van der Waals surface area (Å²) in [6.45, 7) is 0.864. The summed E-state index contributed by atoms with van der Waals surface area (Å²) in [6, 6.07) is 10.5. The maximum absolute atomic E-state index is 12.2. The van der Waals surface area contributed by atoms with Gasteiger partial charge in [0.25, 0.3) is 5.91 Å². The summed E-state index contributed by atoms with van der Waals surface area (Å²) in [5, 5.41) is 0.363. The van der Waals surface area contributed by atoms with Crippen molar-refractivity contribution in [3.05, 3.63) is 53.3 Å². The Morgan fingerprint density at radius 3 is 2.45 bits per heavy atom. The lowest BCUT2D eigenvalue weighted by Crippen LogP contribution is -2.30. The third-order valence-electron chi connectivity index (χ3n) is 3.08. The van der Waals surface area contributed by atoms with Crippen molar-refractivity contribution >= 4 is 17.5 Å². The number of carbonyl (C=O) groups is 1. The van der Waals surface area contributed by atoms with Gasteiger partial charge in [-0.1, -0.05) is 11.6 Å². The van der Waals surface area contributed by atoms with E-state index in [1.807, 2.05) is 24.3 Å². The molecule has 1 aromatic heterocycles. The Kier molecular flexibility index (Phi) is 5.61. The van der Waals surface area contributed by atoms with Crippen molar-refractivity contribution < 1.29 is 14.3 Å². The summed E-state index contributed by atoms with van der Waals surface area (Å²) in [6.07, 6.45) is 1.46. The number of pyridine rings is 1. The molecular formula is C16H17ClN2O3. The predicted octanol–water partition coefficient (Wildman–Crippen LogP) is 2.89. The molecule has 6 heteroatoms. The first kappa shape index (κ1) is 16.1. The van der Waals surface area contributed by atoms with Crippen molar-refractivity contribution in [3.8, 4) is 11.5 Å². The molecule has 0 saturated heterocycles. The van der Waals surface area contributed by atoms with Gasteiger partial charge in [0.05, 0.1) is 19.2 Å². The fraction of sp³-hybridized carbons (Fsp3) is 0.250. The Bertz CT molecular complexity index is 614. The predicted molar refractivity (Wildman–Crippen MR) is 84.7 cm³/mol. The molecule has 0 atom stereocenters. The molecule has 0 fully saturated rings. The first-order valence-corrected chi connectivity index (χ1v) is 7.12. The summed E-state index contributed by atoms with van der Waals surface area (Å²) >= 11 is 5.70. The van der Waals surface area contributed by atoms with Crippen molar-refractivity contribution in [2.45, 2.75) is 0 Å². The Labute approximate surface area is 134 Å². The van der Waals surface area contributed by atoms with E-state index in [1.54, 1.807) is 31.2 Å². The number of likely N-dealkylation sites (N-methyl/N-ethyl adjacent to an activating group) is 1. The zero-order valence-corrected chi connectivity index (χ0v) is 13.2. The van der Waals surface area contributed by atoms with E-state index in [0.29, 0.717) is 23.9 Å². The van der Waals surface area contributed by atoms with Gasteiger partial charge >= 0.3 is 0 Å². The standard InChI is InChI=1S/C16H17ClN2O3/c1-19(16(20)12-3-8-15(17)18-11-12)9-10-22-14-6-4-13(21-2)5-7-14/h3-8,11H,9-10H2,1-2H3. The van der Waals surface area contributed by atoms with Gasteiger partial charge in [0.15, 0.2) is 0 Å². The van der Waals surface area contributed by atoms with Crippen LogP contribution in [0.4, 0.5) is 0 Å². The highest BCUT2D eigenvalue weighted by atomic mass is 35.5. The van der Waals surface area contributed by atoms with Crippen molar-refractivity contribution in [2.24, 2.45) is 0 Å². The number of amides is 1. The third-order valence-corrected chi connectivity index (χ3v) is 3.30. The van der Waals surface area contributed by atoms with Crippen molar-refractivity contribution in [1.29, 1.82) is 0 Å². The first-order chi connectivity index (χ1) is 10.6. The summed E-state index contributed by atoms with van der Waals surface area (Å²) < 4.78 is 10.7. The van der Waals surface area contributed by atoms with Gasteiger partial charge in [-0.15, -0.1) is 0 Å². The number of rotatable bonds is 6. The molecule has 1 aromatic carbocycles. The van der Waals surface area contributed by atoms with Crippen LogP contribution in [0.3, 0.4) is 0 Å². The first-order valence-electron chi connectivity index (χ1n) is 6.74. The van der Waals surface area contributed by atoms with Gasteiger partial charge < -0.3 is 14.4 Å². The van der Waals surface area contributed by atoms with Gasteiger partial charge in [-0.3, -0.25) is 4.79 Å². The van der Waals surface area contributed by atoms with Crippen LogP contribution in [-0.4, -0.2) is 43.1 Å². The van der Waals surface area contributed by atoms with E-state index in [2.05, 4.69) is 4.98 Å². The molecule has 0 saturated carbocycles. The molecule has 0 N–H and O–H groups in total. The van der Waals surface area contributed by atoms with Crippen LogP contribution in [0, 0.1) is 0 Å². The largest absolute Gasteiger partial charge is 0.497 e. The molecule has 22 heavy (non-hydrogen) atoms. The second-order valence-electron chi connectivity index (χ2n) is 4.62. The highest BCUT2D eigenvalue weighted by molar-refractivity contribution is 6.29. The molecule has 0 aliphatic heterocycles. The molecule has 5 nitrogen and oxygen atoms in total. The zero-order valence-electron chi connectivity index (χ0n) is 12.5.